The minimum atomic E-state index is -0.868. The van der Waals surface area contributed by atoms with E-state index in [0.717, 1.165) is 77.3 Å². The Kier molecular flexibility index (Phi) is 14.3. The van der Waals surface area contributed by atoms with Crippen molar-refractivity contribution in [3.8, 4) is 56.8 Å². The number of aromatic hydroxyl groups is 2. The summed E-state index contributed by atoms with van der Waals surface area (Å²) in [6, 6.07) is 46.7. The quantitative estimate of drug-likeness (QED) is 0.109. The molecule has 383 valence electrons. The summed E-state index contributed by atoms with van der Waals surface area (Å²) in [5.74, 6) is 1.54. The van der Waals surface area contributed by atoms with Gasteiger partial charge in [-0.25, -0.2) is 0 Å². The van der Waals surface area contributed by atoms with Gasteiger partial charge in [0.05, 0.1) is 39.6 Å². The summed E-state index contributed by atoms with van der Waals surface area (Å²) in [7, 11) is 6.26. The second-order valence-electron chi connectivity index (χ2n) is 20.5. The predicted octanol–water partition coefficient (Wildman–Crippen LogP) is 15.9. The average molecular weight is 1040 g/mol. The number of aliphatic imine (C=N–C) groups is 2. The third kappa shape index (κ3) is 9.36. The van der Waals surface area contributed by atoms with Crippen molar-refractivity contribution in [3.05, 3.63) is 179 Å². The Labute approximate surface area is 447 Å². The molecule has 0 amide bonds. The molecule has 0 bridgehead atoms. The number of methoxy groups -OCH3 is 4. The van der Waals surface area contributed by atoms with E-state index in [1.54, 1.807) is 40.9 Å². The van der Waals surface area contributed by atoms with Gasteiger partial charge in [-0.3, -0.25) is 9.98 Å². The standard InChI is InChI=1S/C64H60N2O8.Co/c1-63(2,3)49-33-53(69-7)61(71-9)47(57(49)67)35-65-55(41-25-13-11-21-37(41)43-27-19-29-45-39-23-15-17-31-51(39)73-59(43)45)56(66-36-48-58(68)50(64(4,5)6)34-54(70-8)62(48)72-10)42-26-14-12-22-38(42)44-28-20-30-46-40-24-16-18-32-52(40)74-60(44)46;/h11-36,55-56,67-68H,1-10H3;/t55-,56-;/m0./s1. The Bertz CT molecular complexity index is 3570. The van der Waals surface area contributed by atoms with Gasteiger partial charge in [-0.1, -0.05) is 163 Å². The Morgan fingerprint density at radius 3 is 1.16 bits per heavy atom. The van der Waals surface area contributed by atoms with Gasteiger partial charge in [0, 0.05) is 73.0 Å². The molecule has 0 aliphatic rings. The number of benzene rings is 8. The Morgan fingerprint density at radius 2 is 0.787 bits per heavy atom. The van der Waals surface area contributed by atoms with Gasteiger partial charge in [-0.15, -0.1) is 0 Å². The zero-order valence-corrected chi connectivity index (χ0v) is 44.8. The molecular weight excluding hydrogens is 984 g/mol. The summed E-state index contributed by atoms with van der Waals surface area (Å²) in [5.41, 5.74) is 9.01. The molecule has 10 aromatic rings. The van der Waals surface area contributed by atoms with Crippen LogP contribution in [0.3, 0.4) is 0 Å². The normalized spacial score (nSPS) is 13.0. The summed E-state index contributed by atoms with van der Waals surface area (Å²) in [4.78, 5) is 11.2. The number of phenolic OH excluding ortho intramolecular Hbond substituents is 2. The fraction of sp³-hybridized carbons (Fsp3) is 0.219. The van der Waals surface area contributed by atoms with Crippen molar-refractivity contribution >= 4 is 56.3 Å². The van der Waals surface area contributed by atoms with Gasteiger partial charge in [0.25, 0.3) is 0 Å². The van der Waals surface area contributed by atoms with Crippen LogP contribution in [0.2, 0.25) is 0 Å². The van der Waals surface area contributed by atoms with Gasteiger partial charge in [0.15, 0.2) is 23.0 Å². The smallest absolute Gasteiger partial charge is 0.173 e. The van der Waals surface area contributed by atoms with Crippen molar-refractivity contribution in [2.24, 2.45) is 9.98 Å². The van der Waals surface area contributed by atoms with E-state index in [9.17, 15) is 10.2 Å². The zero-order valence-electron chi connectivity index (χ0n) is 43.7. The molecule has 8 aromatic carbocycles. The minimum Gasteiger partial charge on any atom is -0.507 e. The van der Waals surface area contributed by atoms with E-state index in [-0.39, 0.29) is 28.3 Å². The summed E-state index contributed by atoms with van der Waals surface area (Å²) < 4.78 is 37.4. The molecule has 2 N–H and O–H groups in total. The number of hydrogen-bond acceptors (Lipinski definition) is 10. The first-order valence-electron chi connectivity index (χ1n) is 24.7. The number of phenols is 2. The van der Waals surface area contributed by atoms with Crippen LogP contribution in [0.15, 0.2) is 164 Å². The molecule has 0 aliphatic heterocycles. The molecule has 0 saturated heterocycles. The Hall–Kier alpha value is -7.99. The Morgan fingerprint density at radius 1 is 0.440 bits per heavy atom. The van der Waals surface area contributed by atoms with Gasteiger partial charge in [-0.05, 0) is 57.3 Å². The van der Waals surface area contributed by atoms with Gasteiger partial charge >= 0.3 is 0 Å². The number of rotatable bonds is 13. The van der Waals surface area contributed by atoms with Crippen LogP contribution in [-0.2, 0) is 27.6 Å². The number of para-hydroxylation sites is 4. The van der Waals surface area contributed by atoms with Crippen molar-refractivity contribution in [1.82, 2.24) is 0 Å². The number of nitrogens with zero attached hydrogens (tertiary/aromatic N) is 2. The number of ether oxygens (including phenoxy) is 4. The van der Waals surface area contributed by atoms with E-state index in [4.69, 9.17) is 37.8 Å². The van der Waals surface area contributed by atoms with Gasteiger partial charge < -0.3 is 38.0 Å². The van der Waals surface area contributed by atoms with Gasteiger partial charge in [-0.2, -0.15) is 0 Å². The largest absolute Gasteiger partial charge is 0.507 e. The van der Waals surface area contributed by atoms with E-state index < -0.39 is 22.9 Å². The summed E-state index contributed by atoms with van der Waals surface area (Å²) in [6.45, 7) is 12.2. The molecule has 11 heteroatoms. The molecule has 2 heterocycles. The monoisotopic (exact) mass is 1040 g/mol. The fourth-order valence-electron chi connectivity index (χ4n) is 10.3. The first-order chi connectivity index (χ1) is 35.7. The second-order valence-corrected chi connectivity index (χ2v) is 20.5. The molecule has 10 nitrogen and oxygen atoms in total. The molecule has 75 heavy (non-hydrogen) atoms. The molecule has 1 radical (unpaired) electrons. The Balaban J connectivity index is 0.00000689. The van der Waals surface area contributed by atoms with Gasteiger partial charge in [0.2, 0.25) is 0 Å². The average Bonchev–Trinajstić information content (AvgIpc) is 3.98. The van der Waals surface area contributed by atoms with Gasteiger partial charge in [0.1, 0.15) is 45.9 Å². The van der Waals surface area contributed by atoms with E-state index in [0.29, 0.717) is 45.3 Å². The third-order valence-corrected chi connectivity index (χ3v) is 13.9. The van der Waals surface area contributed by atoms with Crippen LogP contribution in [0.4, 0.5) is 0 Å². The van der Waals surface area contributed by atoms with Crippen LogP contribution in [0.5, 0.6) is 34.5 Å². The SMILES string of the molecule is COc1cc(C(C)(C)C)c(O)c(C=N[C@@H](c2ccccc2-c2cccc3c2oc2ccccc23)[C@@H](N=Cc2c(O)c(C(C)(C)C)cc(OC)c2OC)c2ccccc2-c2cccc3c2oc2ccccc23)c1OC.[Co]. The molecular formula is C64H60CoN2O8. The molecule has 0 fully saturated rings. The van der Waals surface area contributed by atoms with Crippen LogP contribution in [0.1, 0.15) is 87.0 Å². The van der Waals surface area contributed by atoms with E-state index in [1.165, 1.54) is 0 Å². The number of fused-ring (bicyclic) bond motifs is 6. The third-order valence-electron chi connectivity index (χ3n) is 13.9. The maximum absolute atomic E-state index is 12.3. The van der Waals surface area contributed by atoms with E-state index >= 15 is 0 Å². The summed E-state index contributed by atoms with van der Waals surface area (Å²) in [6.07, 6.45) is 3.34. The first-order valence-corrected chi connectivity index (χ1v) is 24.7. The molecule has 0 unspecified atom stereocenters. The molecule has 0 aliphatic carbocycles. The second kappa shape index (κ2) is 20.7. The molecule has 10 rings (SSSR count). The first kappa shape index (κ1) is 51.9. The molecule has 0 saturated carbocycles. The van der Waals surface area contributed by atoms with E-state index in [2.05, 4.69) is 60.7 Å². The fourth-order valence-corrected chi connectivity index (χ4v) is 10.3. The number of hydrogen-bond donors (Lipinski definition) is 2. The topological polar surface area (TPSA) is 128 Å². The van der Waals surface area contributed by atoms with Crippen LogP contribution < -0.4 is 18.9 Å². The number of furan rings is 2. The van der Waals surface area contributed by atoms with Crippen LogP contribution in [0, 0.1) is 0 Å². The zero-order chi connectivity index (χ0) is 52.1. The molecule has 2 aromatic heterocycles. The van der Waals surface area contributed by atoms with Crippen LogP contribution in [-0.4, -0.2) is 51.1 Å². The van der Waals surface area contributed by atoms with Crippen molar-refractivity contribution in [1.29, 1.82) is 0 Å². The maximum atomic E-state index is 12.3. The summed E-state index contributed by atoms with van der Waals surface area (Å²) in [5, 5.41) is 28.6. The van der Waals surface area contributed by atoms with Crippen molar-refractivity contribution in [3.63, 3.8) is 0 Å². The van der Waals surface area contributed by atoms with Crippen molar-refractivity contribution < 1.29 is 54.8 Å². The van der Waals surface area contributed by atoms with Crippen molar-refractivity contribution in [2.45, 2.75) is 64.5 Å². The minimum absolute atomic E-state index is 0. The predicted molar refractivity (Wildman–Crippen MR) is 299 cm³/mol. The van der Waals surface area contributed by atoms with Crippen LogP contribution in [0.25, 0.3) is 66.1 Å². The summed E-state index contributed by atoms with van der Waals surface area (Å²) >= 11 is 0. The van der Waals surface area contributed by atoms with Crippen molar-refractivity contribution in [2.75, 3.05) is 28.4 Å². The molecule has 2 atom stereocenters. The maximum Gasteiger partial charge on any atom is 0.173 e. The van der Waals surface area contributed by atoms with Crippen LogP contribution >= 0.6 is 0 Å². The van der Waals surface area contributed by atoms with E-state index in [1.807, 2.05) is 126 Å². The molecule has 0 spiro atoms.